The number of hydrogen-bond donors (Lipinski definition) is 2. The van der Waals surface area contributed by atoms with Crippen LogP contribution in [0.3, 0.4) is 0 Å². The summed E-state index contributed by atoms with van der Waals surface area (Å²) in [5, 5.41) is 5.86. The van der Waals surface area contributed by atoms with Crippen molar-refractivity contribution in [1.29, 1.82) is 0 Å². The van der Waals surface area contributed by atoms with E-state index in [0.29, 0.717) is 29.7 Å². The van der Waals surface area contributed by atoms with E-state index in [2.05, 4.69) is 10.6 Å². The Morgan fingerprint density at radius 2 is 1.76 bits per heavy atom. The zero-order chi connectivity index (χ0) is 24.0. The number of allylic oxidation sites excluding steroid dienone is 3. The first-order valence-corrected chi connectivity index (χ1v) is 10.7. The number of carbonyl (C=O) groups is 2. The van der Waals surface area contributed by atoms with E-state index < -0.39 is 23.6 Å². The molecule has 1 unspecified atom stereocenters. The fraction of sp³-hybridized carbons (Fsp3) is 0.308. The van der Waals surface area contributed by atoms with E-state index in [1.807, 2.05) is 44.2 Å². The van der Waals surface area contributed by atoms with Gasteiger partial charge in [0.2, 0.25) is 0 Å². The summed E-state index contributed by atoms with van der Waals surface area (Å²) < 4.78 is 39.4. The Morgan fingerprint density at radius 3 is 2.42 bits per heavy atom. The lowest BCUT2D eigenvalue weighted by molar-refractivity contribution is -0.137. The van der Waals surface area contributed by atoms with E-state index >= 15 is 0 Å². The maximum absolute atomic E-state index is 13.4. The van der Waals surface area contributed by atoms with Crippen LogP contribution in [0, 0.1) is 5.41 Å². The molecule has 2 aromatic rings. The van der Waals surface area contributed by atoms with Crippen LogP contribution in [0.15, 0.2) is 77.1 Å². The molecular formula is C26H25F3N2O2. The van der Waals surface area contributed by atoms with E-state index in [1.165, 1.54) is 12.1 Å². The first-order chi connectivity index (χ1) is 15.5. The molecule has 33 heavy (non-hydrogen) atoms. The molecule has 1 heterocycles. The van der Waals surface area contributed by atoms with Gasteiger partial charge in [-0.1, -0.05) is 50.2 Å². The van der Waals surface area contributed by atoms with Crippen LogP contribution in [0.4, 0.5) is 18.9 Å². The molecule has 1 amide bonds. The van der Waals surface area contributed by atoms with Gasteiger partial charge < -0.3 is 10.6 Å². The quantitative estimate of drug-likeness (QED) is 0.603. The SMILES string of the molecule is CC1=C(C(=O)Nc2cccc(C(F)(F)F)c2)C(c2ccccc2)C2=C(CC(C)(C)CC2=O)N1. The first kappa shape index (κ1) is 22.8. The lowest BCUT2D eigenvalue weighted by Gasteiger charge is -2.39. The van der Waals surface area contributed by atoms with Crippen molar-refractivity contribution in [3.05, 3.63) is 88.3 Å². The number of hydrogen-bond acceptors (Lipinski definition) is 3. The third kappa shape index (κ3) is 4.58. The molecule has 0 radical (unpaired) electrons. The number of carbonyl (C=O) groups excluding carboxylic acids is 2. The van der Waals surface area contributed by atoms with Gasteiger partial charge in [0, 0.05) is 40.6 Å². The molecule has 0 saturated heterocycles. The van der Waals surface area contributed by atoms with E-state index in [4.69, 9.17) is 0 Å². The van der Waals surface area contributed by atoms with Crippen LogP contribution in [-0.4, -0.2) is 11.7 Å². The van der Waals surface area contributed by atoms with Crippen LogP contribution in [0.5, 0.6) is 0 Å². The summed E-state index contributed by atoms with van der Waals surface area (Å²) in [5.41, 5.74) is 2.04. The lowest BCUT2D eigenvalue weighted by Crippen LogP contribution is -2.39. The number of dihydropyridines is 1. The Kier molecular flexibility index (Phi) is 5.68. The lowest BCUT2D eigenvalue weighted by atomic mass is 9.68. The molecule has 1 aliphatic heterocycles. The fourth-order valence-electron chi connectivity index (χ4n) is 4.69. The minimum atomic E-state index is -4.52. The Labute approximate surface area is 190 Å². The topological polar surface area (TPSA) is 58.2 Å². The minimum absolute atomic E-state index is 0.0283. The van der Waals surface area contributed by atoms with Crippen molar-refractivity contribution >= 4 is 17.4 Å². The van der Waals surface area contributed by atoms with Crippen molar-refractivity contribution in [3.63, 3.8) is 0 Å². The largest absolute Gasteiger partial charge is 0.416 e. The summed E-state index contributed by atoms with van der Waals surface area (Å²) in [4.78, 5) is 26.6. The zero-order valence-electron chi connectivity index (χ0n) is 18.6. The van der Waals surface area contributed by atoms with Gasteiger partial charge in [-0.2, -0.15) is 13.2 Å². The van der Waals surface area contributed by atoms with Gasteiger partial charge in [0.25, 0.3) is 5.91 Å². The number of rotatable bonds is 3. The van der Waals surface area contributed by atoms with Crippen molar-refractivity contribution in [2.75, 3.05) is 5.32 Å². The molecule has 2 aromatic carbocycles. The second-order valence-electron chi connectivity index (χ2n) is 9.37. The normalized spacial score (nSPS) is 20.3. The minimum Gasteiger partial charge on any atom is -0.362 e. The highest BCUT2D eigenvalue weighted by molar-refractivity contribution is 6.10. The van der Waals surface area contributed by atoms with Gasteiger partial charge in [0.15, 0.2) is 5.78 Å². The molecule has 4 nitrogen and oxygen atoms in total. The third-order valence-corrected chi connectivity index (χ3v) is 6.07. The second-order valence-corrected chi connectivity index (χ2v) is 9.37. The number of halogens is 3. The summed E-state index contributed by atoms with van der Waals surface area (Å²) in [6, 6.07) is 13.8. The Balaban J connectivity index is 1.76. The number of nitrogens with one attached hydrogen (secondary N) is 2. The van der Waals surface area contributed by atoms with Gasteiger partial charge in [-0.3, -0.25) is 9.59 Å². The van der Waals surface area contributed by atoms with E-state index in [-0.39, 0.29) is 16.9 Å². The molecule has 1 atom stereocenters. The summed E-state index contributed by atoms with van der Waals surface area (Å²) in [6.45, 7) is 5.82. The fourth-order valence-corrected chi connectivity index (χ4v) is 4.69. The van der Waals surface area contributed by atoms with E-state index in [0.717, 1.165) is 23.4 Å². The van der Waals surface area contributed by atoms with Crippen molar-refractivity contribution in [1.82, 2.24) is 5.32 Å². The molecule has 0 fully saturated rings. The average molecular weight is 454 g/mol. The predicted octanol–water partition coefficient (Wildman–Crippen LogP) is 5.95. The standard InChI is InChI=1S/C26H25F3N2O2/c1-15-21(24(33)31-18-11-7-10-17(12-18)26(27,28)29)22(16-8-5-4-6-9-16)23-19(30-15)13-25(2,3)14-20(23)32/h4-12,22,30H,13-14H2,1-3H3,(H,31,33). The summed E-state index contributed by atoms with van der Waals surface area (Å²) in [7, 11) is 0. The number of alkyl halides is 3. The summed E-state index contributed by atoms with van der Waals surface area (Å²) in [6.07, 6.45) is -3.49. The zero-order valence-corrected chi connectivity index (χ0v) is 18.6. The van der Waals surface area contributed by atoms with Crippen molar-refractivity contribution in [2.45, 2.75) is 45.7 Å². The van der Waals surface area contributed by atoms with Crippen LogP contribution in [0.25, 0.3) is 0 Å². The van der Waals surface area contributed by atoms with Crippen molar-refractivity contribution in [3.8, 4) is 0 Å². The van der Waals surface area contributed by atoms with Gasteiger partial charge in [-0.15, -0.1) is 0 Å². The van der Waals surface area contributed by atoms with Crippen LogP contribution in [-0.2, 0) is 15.8 Å². The van der Waals surface area contributed by atoms with Crippen molar-refractivity contribution in [2.24, 2.45) is 5.41 Å². The summed E-state index contributed by atoms with van der Waals surface area (Å²) >= 11 is 0. The van der Waals surface area contributed by atoms with Crippen LogP contribution in [0.1, 0.15) is 50.7 Å². The maximum atomic E-state index is 13.4. The highest BCUT2D eigenvalue weighted by Gasteiger charge is 2.42. The number of anilines is 1. The first-order valence-electron chi connectivity index (χ1n) is 10.7. The van der Waals surface area contributed by atoms with Gasteiger partial charge in [0.1, 0.15) is 0 Å². The van der Waals surface area contributed by atoms with E-state index in [1.54, 1.807) is 6.92 Å². The molecule has 7 heteroatoms. The molecule has 0 bridgehead atoms. The number of amides is 1. The molecule has 2 N–H and O–H groups in total. The molecular weight excluding hydrogens is 429 g/mol. The number of ketones is 1. The van der Waals surface area contributed by atoms with Gasteiger partial charge >= 0.3 is 6.18 Å². The number of benzene rings is 2. The maximum Gasteiger partial charge on any atom is 0.416 e. The number of Topliss-reactive ketones (excluding diaryl/α,β-unsaturated/α-hetero) is 1. The molecule has 0 saturated carbocycles. The monoisotopic (exact) mass is 454 g/mol. The summed E-state index contributed by atoms with van der Waals surface area (Å²) in [5.74, 6) is -1.17. The molecule has 4 rings (SSSR count). The Hall–Kier alpha value is -3.35. The third-order valence-electron chi connectivity index (χ3n) is 6.07. The van der Waals surface area contributed by atoms with Gasteiger partial charge in [-0.05, 0) is 42.5 Å². The van der Waals surface area contributed by atoms with Crippen LogP contribution in [0.2, 0.25) is 0 Å². The molecule has 2 aliphatic rings. The molecule has 1 aliphatic carbocycles. The van der Waals surface area contributed by atoms with Crippen molar-refractivity contribution < 1.29 is 22.8 Å². The highest BCUT2D eigenvalue weighted by atomic mass is 19.4. The molecule has 0 aromatic heterocycles. The predicted molar refractivity (Wildman–Crippen MR) is 120 cm³/mol. The molecule has 0 spiro atoms. The average Bonchev–Trinajstić information content (AvgIpc) is 2.72. The van der Waals surface area contributed by atoms with Crippen LogP contribution < -0.4 is 10.6 Å². The van der Waals surface area contributed by atoms with Gasteiger partial charge in [-0.25, -0.2) is 0 Å². The van der Waals surface area contributed by atoms with Crippen LogP contribution >= 0.6 is 0 Å². The highest BCUT2D eigenvalue weighted by Crippen LogP contribution is 2.46. The smallest absolute Gasteiger partial charge is 0.362 e. The Bertz CT molecular complexity index is 1180. The Morgan fingerprint density at radius 1 is 1.06 bits per heavy atom. The van der Waals surface area contributed by atoms with Gasteiger partial charge in [0.05, 0.1) is 5.56 Å². The van der Waals surface area contributed by atoms with E-state index in [9.17, 15) is 22.8 Å². The molecule has 172 valence electrons. The second kappa shape index (κ2) is 8.21.